The third kappa shape index (κ3) is 5.36. The molecule has 0 aliphatic carbocycles. The van der Waals surface area contributed by atoms with Gasteiger partial charge in [0, 0.05) is 16.9 Å². The van der Waals surface area contributed by atoms with E-state index in [2.05, 4.69) is 30.6 Å². The molecule has 0 bridgehead atoms. The highest BCUT2D eigenvalue weighted by Crippen LogP contribution is 2.33. The van der Waals surface area contributed by atoms with E-state index >= 15 is 0 Å². The maximum atomic E-state index is 11.4. The second-order valence-corrected chi connectivity index (χ2v) is 10.2. The van der Waals surface area contributed by atoms with Gasteiger partial charge in [0.25, 0.3) is 10.1 Å². The van der Waals surface area contributed by atoms with E-state index in [4.69, 9.17) is 16.3 Å². The van der Waals surface area contributed by atoms with Crippen LogP contribution in [0.15, 0.2) is 71.6 Å². The summed E-state index contributed by atoms with van der Waals surface area (Å²) in [5.41, 5.74) is 2.91. The Kier molecular flexibility index (Phi) is 6.41. The number of aromatic nitrogens is 4. The highest BCUT2D eigenvalue weighted by molar-refractivity contribution is 7.85. The molecule has 3 N–H and O–H groups in total. The highest BCUT2D eigenvalue weighted by Gasteiger charge is 2.12. The molecule has 0 atom stereocenters. The zero-order chi connectivity index (χ0) is 25.3. The number of nitrogens with zero attached hydrogens (tertiary/aromatic N) is 4. The van der Waals surface area contributed by atoms with Gasteiger partial charge in [-0.1, -0.05) is 6.07 Å². The Morgan fingerprint density at radius 2 is 1.61 bits per heavy atom. The number of fused-ring (bicyclic) bond motifs is 1. The van der Waals surface area contributed by atoms with Gasteiger partial charge in [0.1, 0.15) is 10.8 Å². The minimum Gasteiger partial charge on any atom is -0.497 e. The Morgan fingerprint density at radius 1 is 0.889 bits per heavy atom. The summed E-state index contributed by atoms with van der Waals surface area (Å²) < 4.78 is 38.3. The molecule has 3 aromatic carbocycles. The van der Waals surface area contributed by atoms with Gasteiger partial charge < -0.3 is 15.4 Å². The van der Waals surface area contributed by atoms with Crippen molar-refractivity contribution in [2.75, 3.05) is 17.7 Å². The number of nitrogens with one attached hydrogen (secondary N) is 2. The largest absolute Gasteiger partial charge is 0.497 e. The van der Waals surface area contributed by atoms with Crippen molar-refractivity contribution in [1.82, 2.24) is 19.9 Å². The first-order valence-corrected chi connectivity index (χ1v) is 13.0. The third-order valence-electron chi connectivity index (χ3n) is 4.98. The molecule has 0 aliphatic rings. The summed E-state index contributed by atoms with van der Waals surface area (Å²) in [6.07, 6.45) is 0. The topological polar surface area (TPSA) is 139 Å². The van der Waals surface area contributed by atoms with E-state index in [0.29, 0.717) is 11.4 Å². The lowest BCUT2D eigenvalue weighted by molar-refractivity contribution is 0.415. The normalized spacial score (nSPS) is 11.4. The minimum atomic E-state index is -4.35. The van der Waals surface area contributed by atoms with Crippen molar-refractivity contribution in [1.29, 1.82) is 0 Å². The van der Waals surface area contributed by atoms with Crippen molar-refractivity contribution in [3.63, 3.8) is 0 Å². The van der Waals surface area contributed by atoms with Gasteiger partial charge in [0.05, 0.1) is 22.2 Å². The fourth-order valence-corrected chi connectivity index (χ4v) is 4.99. The molecule has 13 heteroatoms. The zero-order valence-corrected chi connectivity index (χ0v) is 20.9. The number of benzene rings is 3. The molecule has 0 radical (unpaired) electrons. The molecule has 36 heavy (non-hydrogen) atoms. The van der Waals surface area contributed by atoms with E-state index in [-0.39, 0.29) is 22.1 Å². The first kappa shape index (κ1) is 23.9. The summed E-state index contributed by atoms with van der Waals surface area (Å²) in [5, 5.41) is 6.74. The second kappa shape index (κ2) is 9.66. The van der Waals surface area contributed by atoms with Crippen molar-refractivity contribution in [2.45, 2.75) is 4.90 Å². The maximum Gasteiger partial charge on any atom is 0.294 e. The molecule has 10 nitrogen and oxygen atoms in total. The standard InChI is InChI=1S/C23H17ClN6O4S2/c1-34-16-9-10-18-19(12-16)35-20(27-18)13-5-7-14(8-6-13)25-22-28-21(24)29-23(30-22)26-15-3-2-4-17(11-15)36(31,32)33/h2-12H,1H3,(H,31,32,33)(H2,25,26,28,29,30). The van der Waals surface area contributed by atoms with Crippen molar-refractivity contribution in [2.24, 2.45) is 0 Å². The number of methoxy groups -OCH3 is 1. The third-order valence-corrected chi connectivity index (χ3v) is 7.07. The average Bonchev–Trinajstić information content (AvgIpc) is 3.27. The summed E-state index contributed by atoms with van der Waals surface area (Å²) >= 11 is 7.63. The monoisotopic (exact) mass is 540 g/mol. The van der Waals surface area contributed by atoms with Crippen LogP contribution in [0.25, 0.3) is 20.8 Å². The Balaban J connectivity index is 1.34. The Labute approximate surface area is 214 Å². The SMILES string of the molecule is COc1ccc2nc(-c3ccc(Nc4nc(Cl)nc(Nc5cccc(S(=O)(=O)O)c5)n4)cc3)sc2c1. The second-order valence-electron chi connectivity index (χ2n) is 7.43. The van der Waals surface area contributed by atoms with E-state index in [9.17, 15) is 13.0 Å². The van der Waals surface area contributed by atoms with Gasteiger partial charge in [0.2, 0.25) is 17.2 Å². The van der Waals surface area contributed by atoms with Gasteiger partial charge in [-0.15, -0.1) is 11.3 Å². The smallest absolute Gasteiger partial charge is 0.294 e. The van der Waals surface area contributed by atoms with Crippen LogP contribution >= 0.6 is 22.9 Å². The summed E-state index contributed by atoms with van der Waals surface area (Å²) in [5.74, 6) is 1.06. The van der Waals surface area contributed by atoms with E-state index in [1.54, 1.807) is 24.5 Å². The lowest BCUT2D eigenvalue weighted by Gasteiger charge is -2.09. The predicted octanol–water partition coefficient (Wildman–Crippen LogP) is 5.54. The van der Waals surface area contributed by atoms with Crippen LogP contribution in [0.5, 0.6) is 5.75 Å². The summed E-state index contributed by atoms with van der Waals surface area (Å²) in [7, 11) is -2.72. The Morgan fingerprint density at radius 3 is 2.31 bits per heavy atom. The quantitative estimate of drug-likeness (QED) is 0.225. The van der Waals surface area contributed by atoms with Gasteiger partial charge in [0.15, 0.2) is 0 Å². The summed E-state index contributed by atoms with van der Waals surface area (Å²) in [6, 6.07) is 18.9. The zero-order valence-electron chi connectivity index (χ0n) is 18.5. The lowest BCUT2D eigenvalue weighted by Crippen LogP contribution is -2.05. The molecule has 0 spiro atoms. The van der Waals surface area contributed by atoms with Crippen LogP contribution in [0, 0.1) is 0 Å². The number of halogens is 1. The molecule has 2 aromatic heterocycles. The average molecular weight is 541 g/mol. The molecule has 5 aromatic rings. The predicted molar refractivity (Wildman–Crippen MR) is 139 cm³/mol. The summed E-state index contributed by atoms with van der Waals surface area (Å²) in [6.45, 7) is 0. The van der Waals surface area contributed by atoms with Gasteiger partial charge in [-0.25, -0.2) is 4.98 Å². The molecule has 0 fully saturated rings. The van der Waals surface area contributed by atoms with E-state index in [1.165, 1.54) is 18.2 Å². The number of hydrogen-bond acceptors (Lipinski definition) is 10. The van der Waals surface area contributed by atoms with Crippen molar-refractivity contribution < 1.29 is 17.7 Å². The van der Waals surface area contributed by atoms with Crippen LogP contribution in [0.4, 0.5) is 23.3 Å². The van der Waals surface area contributed by atoms with Gasteiger partial charge >= 0.3 is 0 Å². The van der Waals surface area contributed by atoms with Crippen molar-refractivity contribution in [3.05, 3.63) is 72.0 Å². The number of hydrogen-bond donors (Lipinski definition) is 3. The molecule has 0 amide bonds. The van der Waals surface area contributed by atoms with Crippen molar-refractivity contribution in [3.8, 4) is 16.3 Å². The molecule has 182 valence electrons. The Hall–Kier alpha value is -3.84. The molecule has 2 heterocycles. The molecule has 0 unspecified atom stereocenters. The van der Waals surface area contributed by atoms with Gasteiger partial charge in [-0.05, 0) is 72.3 Å². The number of rotatable bonds is 7. The van der Waals surface area contributed by atoms with E-state index in [1.807, 2.05) is 42.5 Å². The first-order chi connectivity index (χ1) is 17.3. The molecule has 0 saturated heterocycles. The van der Waals surface area contributed by atoms with E-state index < -0.39 is 10.1 Å². The minimum absolute atomic E-state index is 0.0672. The molecule has 0 saturated carbocycles. The summed E-state index contributed by atoms with van der Waals surface area (Å²) in [4.78, 5) is 16.8. The van der Waals surface area contributed by atoms with Crippen molar-refractivity contribution >= 4 is 66.5 Å². The number of anilines is 4. The molecular weight excluding hydrogens is 524 g/mol. The fourth-order valence-electron chi connectivity index (χ4n) is 3.31. The fraction of sp³-hybridized carbons (Fsp3) is 0.0435. The highest BCUT2D eigenvalue weighted by atomic mass is 35.5. The maximum absolute atomic E-state index is 11.4. The first-order valence-electron chi connectivity index (χ1n) is 10.3. The van der Waals surface area contributed by atoms with E-state index in [0.717, 1.165) is 26.5 Å². The van der Waals surface area contributed by atoms with Crippen LogP contribution in [-0.4, -0.2) is 40.0 Å². The number of ether oxygens (including phenoxy) is 1. The molecule has 0 aliphatic heterocycles. The van der Waals surface area contributed by atoms with Gasteiger partial charge in [-0.2, -0.15) is 23.4 Å². The Bertz CT molecular complexity index is 1680. The van der Waals surface area contributed by atoms with Crippen LogP contribution in [0.1, 0.15) is 0 Å². The molecule has 5 rings (SSSR count). The van der Waals surface area contributed by atoms with Gasteiger partial charge in [-0.3, -0.25) is 4.55 Å². The number of thiazole rings is 1. The van der Waals surface area contributed by atoms with Crippen LogP contribution in [0.3, 0.4) is 0 Å². The molecular formula is C23H17ClN6O4S2. The van der Waals surface area contributed by atoms with Crippen LogP contribution in [-0.2, 0) is 10.1 Å². The lowest BCUT2D eigenvalue weighted by atomic mass is 10.2. The van der Waals surface area contributed by atoms with Crippen LogP contribution < -0.4 is 15.4 Å². The van der Waals surface area contributed by atoms with Crippen LogP contribution in [0.2, 0.25) is 5.28 Å².